The van der Waals surface area contributed by atoms with Crippen LogP contribution >= 0.6 is 23.2 Å². The molecule has 0 heterocycles. The van der Waals surface area contributed by atoms with E-state index in [0.29, 0.717) is 27.0 Å². The first kappa shape index (κ1) is 14.7. The summed E-state index contributed by atoms with van der Waals surface area (Å²) in [5, 5.41) is 3.51. The number of amides is 1. The second-order valence-corrected chi connectivity index (χ2v) is 5.39. The molecule has 0 atom stereocenters. The fourth-order valence-corrected chi connectivity index (χ4v) is 2.40. The van der Waals surface area contributed by atoms with Crippen LogP contribution in [0.2, 0.25) is 10.0 Å². The molecule has 0 aliphatic carbocycles. The van der Waals surface area contributed by atoms with Crippen molar-refractivity contribution in [3.8, 4) is 0 Å². The van der Waals surface area contributed by atoms with Gasteiger partial charge in [0, 0.05) is 11.3 Å². The summed E-state index contributed by atoms with van der Waals surface area (Å²) in [5.41, 5.74) is 9.11. The number of hydrogen-bond acceptors (Lipinski definition) is 2. The summed E-state index contributed by atoms with van der Waals surface area (Å²) in [6, 6.07) is 8.58. The summed E-state index contributed by atoms with van der Waals surface area (Å²) in [6.45, 7) is 3.75. The van der Waals surface area contributed by atoms with Gasteiger partial charge in [0.1, 0.15) is 0 Å². The fraction of sp³-hybridized carbons (Fsp3) is 0.133. The van der Waals surface area contributed by atoms with Crippen LogP contribution in [0.5, 0.6) is 0 Å². The molecule has 0 aromatic heterocycles. The van der Waals surface area contributed by atoms with Crippen LogP contribution in [0.4, 0.5) is 11.4 Å². The zero-order valence-electron chi connectivity index (χ0n) is 11.1. The molecule has 0 saturated heterocycles. The minimum absolute atomic E-state index is 0.288. The third-order valence-electron chi connectivity index (χ3n) is 3.06. The van der Waals surface area contributed by atoms with E-state index in [1.54, 1.807) is 24.3 Å². The standard InChI is InChI=1S/C15H14Cl2N2O/c1-8-6-9(2)13(18)7-10(8)15(20)19-14-11(16)4-3-5-12(14)17/h3-7H,18H2,1-2H3,(H,19,20). The monoisotopic (exact) mass is 308 g/mol. The molecular weight excluding hydrogens is 295 g/mol. The molecule has 104 valence electrons. The quantitative estimate of drug-likeness (QED) is 0.806. The van der Waals surface area contributed by atoms with E-state index in [2.05, 4.69) is 5.32 Å². The average Bonchev–Trinajstić information content (AvgIpc) is 2.38. The Labute approximate surface area is 127 Å². The smallest absolute Gasteiger partial charge is 0.256 e. The number of nitrogens with two attached hydrogens (primary N) is 1. The number of benzene rings is 2. The van der Waals surface area contributed by atoms with Gasteiger partial charge in [0.15, 0.2) is 0 Å². The molecular formula is C15H14Cl2N2O. The summed E-state index contributed by atoms with van der Waals surface area (Å²) in [7, 11) is 0. The van der Waals surface area contributed by atoms with Crippen LogP contribution in [0, 0.1) is 13.8 Å². The first-order valence-corrected chi connectivity index (χ1v) is 6.78. The number of halogens is 2. The summed E-state index contributed by atoms with van der Waals surface area (Å²) in [4.78, 5) is 12.3. The lowest BCUT2D eigenvalue weighted by atomic mass is 10.0. The highest BCUT2D eigenvalue weighted by Gasteiger charge is 2.14. The molecule has 0 saturated carbocycles. The highest BCUT2D eigenvalue weighted by atomic mass is 35.5. The van der Waals surface area contributed by atoms with E-state index in [0.717, 1.165) is 11.1 Å². The molecule has 0 fully saturated rings. The molecule has 5 heteroatoms. The van der Waals surface area contributed by atoms with Gasteiger partial charge >= 0.3 is 0 Å². The second-order valence-electron chi connectivity index (χ2n) is 4.57. The van der Waals surface area contributed by atoms with Gasteiger partial charge in [-0.1, -0.05) is 35.3 Å². The molecule has 3 N–H and O–H groups in total. The van der Waals surface area contributed by atoms with E-state index >= 15 is 0 Å². The van der Waals surface area contributed by atoms with Crippen LogP contribution in [0.25, 0.3) is 0 Å². The Hall–Kier alpha value is -1.71. The number of aryl methyl sites for hydroxylation is 2. The van der Waals surface area contributed by atoms with Crippen LogP contribution in [-0.4, -0.2) is 5.91 Å². The molecule has 1 amide bonds. The van der Waals surface area contributed by atoms with Gasteiger partial charge in [-0.2, -0.15) is 0 Å². The van der Waals surface area contributed by atoms with Gasteiger partial charge < -0.3 is 11.1 Å². The van der Waals surface area contributed by atoms with E-state index in [-0.39, 0.29) is 5.91 Å². The molecule has 0 spiro atoms. The molecule has 2 rings (SSSR count). The molecule has 0 radical (unpaired) electrons. The van der Waals surface area contributed by atoms with Crippen molar-refractivity contribution >= 4 is 40.5 Å². The topological polar surface area (TPSA) is 55.1 Å². The predicted octanol–water partition coefficient (Wildman–Crippen LogP) is 4.44. The third-order valence-corrected chi connectivity index (χ3v) is 3.69. The van der Waals surface area contributed by atoms with Crippen LogP contribution in [-0.2, 0) is 0 Å². The average molecular weight is 309 g/mol. The first-order valence-electron chi connectivity index (χ1n) is 6.02. The zero-order chi connectivity index (χ0) is 14.9. The number of anilines is 2. The molecule has 0 unspecified atom stereocenters. The Morgan fingerprint density at radius 1 is 1.10 bits per heavy atom. The highest BCUT2D eigenvalue weighted by Crippen LogP contribution is 2.30. The summed E-state index contributed by atoms with van der Waals surface area (Å²) >= 11 is 12.1. The van der Waals surface area contributed by atoms with Crippen molar-refractivity contribution in [3.05, 3.63) is 57.1 Å². The maximum atomic E-state index is 12.3. The Morgan fingerprint density at radius 2 is 1.70 bits per heavy atom. The Balaban J connectivity index is 2.36. The Morgan fingerprint density at radius 3 is 2.30 bits per heavy atom. The summed E-state index contributed by atoms with van der Waals surface area (Å²) < 4.78 is 0. The largest absolute Gasteiger partial charge is 0.398 e. The minimum Gasteiger partial charge on any atom is -0.398 e. The Kier molecular flexibility index (Phi) is 4.21. The summed E-state index contributed by atoms with van der Waals surface area (Å²) in [6.07, 6.45) is 0. The number of rotatable bonds is 2. The Bertz CT molecular complexity index is 664. The number of carbonyl (C=O) groups excluding carboxylic acids is 1. The maximum absolute atomic E-state index is 12.3. The fourth-order valence-electron chi connectivity index (χ4n) is 1.91. The van der Waals surface area contributed by atoms with Crippen molar-refractivity contribution in [3.63, 3.8) is 0 Å². The van der Waals surface area contributed by atoms with Crippen molar-refractivity contribution in [1.29, 1.82) is 0 Å². The van der Waals surface area contributed by atoms with Gasteiger partial charge in [-0.05, 0) is 43.2 Å². The van der Waals surface area contributed by atoms with E-state index in [1.165, 1.54) is 0 Å². The number of hydrogen-bond donors (Lipinski definition) is 2. The molecule has 2 aromatic carbocycles. The molecule has 3 nitrogen and oxygen atoms in total. The van der Waals surface area contributed by atoms with Crippen LogP contribution in [0.15, 0.2) is 30.3 Å². The maximum Gasteiger partial charge on any atom is 0.256 e. The van der Waals surface area contributed by atoms with Crippen molar-refractivity contribution < 1.29 is 4.79 Å². The molecule has 0 aliphatic heterocycles. The number of carbonyl (C=O) groups is 1. The van der Waals surface area contributed by atoms with Gasteiger partial charge in [-0.15, -0.1) is 0 Å². The summed E-state index contributed by atoms with van der Waals surface area (Å²) in [5.74, 6) is -0.288. The third kappa shape index (κ3) is 2.89. The number of nitrogen functional groups attached to an aromatic ring is 1. The van der Waals surface area contributed by atoms with Crippen LogP contribution in [0.1, 0.15) is 21.5 Å². The van der Waals surface area contributed by atoms with E-state index < -0.39 is 0 Å². The normalized spacial score (nSPS) is 10.4. The highest BCUT2D eigenvalue weighted by molar-refractivity contribution is 6.40. The van der Waals surface area contributed by atoms with E-state index in [1.807, 2.05) is 19.9 Å². The lowest BCUT2D eigenvalue weighted by Gasteiger charge is -2.12. The number of nitrogens with one attached hydrogen (secondary N) is 1. The van der Waals surface area contributed by atoms with Crippen molar-refractivity contribution in [2.24, 2.45) is 0 Å². The lowest BCUT2D eigenvalue weighted by Crippen LogP contribution is -2.14. The lowest BCUT2D eigenvalue weighted by molar-refractivity contribution is 0.102. The SMILES string of the molecule is Cc1cc(C)c(C(=O)Nc2c(Cl)cccc2Cl)cc1N. The van der Waals surface area contributed by atoms with Gasteiger partial charge in [0.2, 0.25) is 0 Å². The molecule has 20 heavy (non-hydrogen) atoms. The van der Waals surface area contributed by atoms with E-state index in [4.69, 9.17) is 28.9 Å². The predicted molar refractivity (Wildman–Crippen MR) is 84.7 cm³/mol. The van der Waals surface area contributed by atoms with Crippen molar-refractivity contribution in [1.82, 2.24) is 0 Å². The van der Waals surface area contributed by atoms with E-state index in [9.17, 15) is 4.79 Å². The zero-order valence-corrected chi connectivity index (χ0v) is 12.6. The van der Waals surface area contributed by atoms with Crippen LogP contribution < -0.4 is 11.1 Å². The van der Waals surface area contributed by atoms with Crippen LogP contribution in [0.3, 0.4) is 0 Å². The molecule has 0 bridgehead atoms. The van der Waals surface area contributed by atoms with Gasteiger partial charge in [-0.25, -0.2) is 0 Å². The van der Waals surface area contributed by atoms with Crippen molar-refractivity contribution in [2.75, 3.05) is 11.1 Å². The molecule has 0 aliphatic rings. The minimum atomic E-state index is -0.288. The first-order chi connectivity index (χ1) is 9.40. The number of para-hydroxylation sites is 1. The van der Waals surface area contributed by atoms with Gasteiger partial charge in [-0.3, -0.25) is 4.79 Å². The van der Waals surface area contributed by atoms with Gasteiger partial charge in [0.25, 0.3) is 5.91 Å². The van der Waals surface area contributed by atoms with Crippen molar-refractivity contribution in [2.45, 2.75) is 13.8 Å². The molecule has 2 aromatic rings. The second kappa shape index (κ2) is 5.73. The van der Waals surface area contributed by atoms with Gasteiger partial charge in [0.05, 0.1) is 15.7 Å².